The number of urea groups is 1. The first-order valence-corrected chi connectivity index (χ1v) is 11.7. The molecule has 2 aromatic carbocycles. The molecule has 0 aliphatic carbocycles. The zero-order chi connectivity index (χ0) is 24.8. The highest BCUT2D eigenvalue weighted by Gasteiger charge is 2.18. The quantitative estimate of drug-likeness (QED) is 0.381. The van der Waals surface area contributed by atoms with Gasteiger partial charge in [-0.1, -0.05) is 30.3 Å². The fraction of sp³-hybridized carbons (Fsp3) is 0.462. The minimum atomic E-state index is -0.976. The van der Waals surface area contributed by atoms with Crippen LogP contribution in [-0.2, 0) is 16.0 Å². The van der Waals surface area contributed by atoms with Crippen LogP contribution in [0.4, 0.5) is 4.79 Å². The Morgan fingerprint density at radius 1 is 0.941 bits per heavy atom. The van der Waals surface area contributed by atoms with Crippen molar-refractivity contribution in [1.29, 1.82) is 0 Å². The van der Waals surface area contributed by atoms with Crippen molar-refractivity contribution < 1.29 is 28.9 Å². The van der Waals surface area contributed by atoms with Crippen LogP contribution in [0.1, 0.15) is 32.8 Å². The molecular formula is C26H36N2O6. The number of carbonyl (C=O) groups excluding carboxylic acids is 1. The molecule has 0 radical (unpaired) electrons. The number of rotatable bonds is 15. The summed E-state index contributed by atoms with van der Waals surface area (Å²) < 4.78 is 16.8. The van der Waals surface area contributed by atoms with Crippen LogP contribution in [-0.4, -0.2) is 67.1 Å². The second kappa shape index (κ2) is 14.8. The summed E-state index contributed by atoms with van der Waals surface area (Å²) in [6.45, 7) is 7.78. The Kier molecular flexibility index (Phi) is 11.7. The molecule has 0 saturated heterocycles. The summed E-state index contributed by atoms with van der Waals surface area (Å²) in [5.41, 5.74) is 0.851. The minimum absolute atomic E-state index is 0.0374. The number of ether oxygens (including phenoxy) is 3. The van der Waals surface area contributed by atoms with E-state index in [-0.39, 0.29) is 18.5 Å². The molecule has 8 heteroatoms. The van der Waals surface area contributed by atoms with Gasteiger partial charge in [-0.25, -0.2) is 9.59 Å². The number of carboxylic acids is 1. The van der Waals surface area contributed by atoms with E-state index in [0.29, 0.717) is 45.1 Å². The molecule has 2 aromatic rings. The van der Waals surface area contributed by atoms with Crippen LogP contribution in [0, 0.1) is 0 Å². The number of nitrogens with zero attached hydrogens (tertiary/aromatic N) is 1. The van der Waals surface area contributed by atoms with Gasteiger partial charge in [0, 0.05) is 25.6 Å². The third-order valence-electron chi connectivity index (χ3n) is 4.90. The average Bonchev–Trinajstić information content (AvgIpc) is 2.81. The molecule has 0 spiro atoms. The maximum absolute atomic E-state index is 12.6. The van der Waals surface area contributed by atoms with Gasteiger partial charge in [0.2, 0.25) is 0 Å². The summed E-state index contributed by atoms with van der Waals surface area (Å²) >= 11 is 0. The van der Waals surface area contributed by atoms with Crippen LogP contribution in [0.3, 0.4) is 0 Å². The van der Waals surface area contributed by atoms with Crippen LogP contribution in [0.25, 0.3) is 0 Å². The highest BCUT2D eigenvalue weighted by Crippen LogP contribution is 2.15. The maximum atomic E-state index is 12.6. The fourth-order valence-corrected chi connectivity index (χ4v) is 3.24. The summed E-state index contributed by atoms with van der Waals surface area (Å²) in [6.07, 6.45) is 0.118. The highest BCUT2D eigenvalue weighted by atomic mass is 16.5. The number of carbonyl (C=O) groups is 2. The maximum Gasteiger partial charge on any atom is 0.333 e. The number of aliphatic carboxylic acids is 1. The molecular weight excluding hydrogens is 436 g/mol. The Labute approximate surface area is 201 Å². The third kappa shape index (κ3) is 10.1. The average molecular weight is 473 g/mol. The predicted molar refractivity (Wildman–Crippen MR) is 130 cm³/mol. The second-order valence-electron chi connectivity index (χ2n) is 8.09. The van der Waals surface area contributed by atoms with Crippen molar-refractivity contribution in [2.75, 3.05) is 32.9 Å². The second-order valence-corrected chi connectivity index (χ2v) is 8.09. The smallest absolute Gasteiger partial charge is 0.333 e. The monoisotopic (exact) mass is 472 g/mol. The summed E-state index contributed by atoms with van der Waals surface area (Å²) in [6, 6.07) is 16.7. The number of hydrogen-bond acceptors (Lipinski definition) is 5. The van der Waals surface area contributed by atoms with Gasteiger partial charge in [-0.05, 0) is 57.0 Å². The van der Waals surface area contributed by atoms with Gasteiger partial charge in [0.1, 0.15) is 18.1 Å². The Bertz CT molecular complexity index is 857. The van der Waals surface area contributed by atoms with Gasteiger partial charge in [-0.3, -0.25) is 0 Å². The molecule has 0 saturated carbocycles. The number of hydrogen-bond donors (Lipinski definition) is 2. The van der Waals surface area contributed by atoms with E-state index in [4.69, 9.17) is 14.2 Å². The Morgan fingerprint density at radius 2 is 1.59 bits per heavy atom. The van der Waals surface area contributed by atoms with E-state index >= 15 is 0 Å². The predicted octanol–water partition coefficient (Wildman–Crippen LogP) is 3.99. The number of para-hydroxylation sites is 1. The molecule has 0 heterocycles. The van der Waals surface area contributed by atoms with Crippen LogP contribution >= 0.6 is 0 Å². The van der Waals surface area contributed by atoms with Crippen molar-refractivity contribution in [2.45, 2.75) is 45.8 Å². The molecule has 0 aliphatic heterocycles. The van der Waals surface area contributed by atoms with Crippen LogP contribution in [0.5, 0.6) is 11.5 Å². The number of benzene rings is 2. The lowest BCUT2D eigenvalue weighted by molar-refractivity contribution is -0.149. The summed E-state index contributed by atoms with van der Waals surface area (Å²) in [4.78, 5) is 25.6. The van der Waals surface area contributed by atoms with E-state index in [1.165, 1.54) is 0 Å². The van der Waals surface area contributed by atoms with Crippen LogP contribution in [0.15, 0.2) is 54.6 Å². The van der Waals surface area contributed by atoms with E-state index in [1.54, 1.807) is 24.0 Å². The van der Waals surface area contributed by atoms with Gasteiger partial charge in [0.25, 0.3) is 0 Å². The molecule has 0 aromatic heterocycles. The largest absolute Gasteiger partial charge is 0.494 e. The lowest BCUT2D eigenvalue weighted by Gasteiger charge is -2.24. The SMILES string of the molecule is CCOC(Cc1ccc(OCCN(CCCOc2ccccc2)C(=O)NC(C)C)cc1)C(=O)O. The number of nitrogens with one attached hydrogen (secondary N) is 1. The summed E-state index contributed by atoms with van der Waals surface area (Å²) in [7, 11) is 0. The molecule has 2 amide bonds. The molecule has 1 atom stereocenters. The standard InChI is InChI=1S/C26H36N2O6/c1-4-32-24(25(29)30)19-21-11-13-23(14-12-21)34-18-16-28(26(31)27-20(2)3)15-8-17-33-22-9-6-5-7-10-22/h5-7,9-14,20,24H,4,8,15-19H2,1-3H3,(H,27,31)(H,29,30). The van der Waals surface area contributed by atoms with Crippen molar-refractivity contribution in [1.82, 2.24) is 10.2 Å². The van der Waals surface area contributed by atoms with Crippen LogP contribution < -0.4 is 14.8 Å². The van der Waals surface area contributed by atoms with E-state index in [0.717, 1.165) is 11.3 Å². The molecule has 2 N–H and O–H groups in total. The van der Waals surface area contributed by atoms with Gasteiger partial charge < -0.3 is 29.5 Å². The molecule has 0 bridgehead atoms. The van der Waals surface area contributed by atoms with Gasteiger partial charge in [0.05, 0.1) is 13.2 Å². The van der Waals surface area contributed by atoms with Gasteiger partial charge in [-0.15, -0.1) is 0 Å². The fourth-order valence-electron chi connectivity index (χ4n) is 3.24. The van der Waals surface area contributed by atoms with E-state index < -0.39 is 12.1 Å². The third-order valence-corrected chi connectivity index (χ3v) is 4.90. The Hall–Kier alpha value is -3.26. The van der Waals surface area contributed by atoms with Crippen molar-refractivity contribution in [3.8, 4) is 11.5 Å². The molecule has 0 fully saturated rings. The Balaban J connectivity index is 1.82. The summed E-state index contributed by atoms with van der Waals surface area (Å²) in [5, 5.41) is 12.2. The molecule has 8 nitrogen and oxygen atoms in total. The summed E-state index contributed by atoms with van der Waals surface area (Å²) in [5.74, 6) is 0.489. The normalized spacial score (nSPS) is 11.6. The minimum Gasteiger partial charge on any atom is -0.494 e. The van der Waals surface area contributed by atoms with Crippen molar-refractivity contribution in [2.24, 2.45) is 0 Å². The molecule has 186 valence electrons. The molecule has 0 aliphatic rings. The van der Waals surface area contributed by atoms with Crippen molar-refractivity contribution in [3.05, 3.63) is 60.2 Å². The lowest BCUT2D eigenvalue weighted by Crippen LogP contribution is -2.45. The highest BCUT2D eigenvalue weighted by molar-refractivity contribution is 5.74. The van der Waals surface area contributed by atoms with Gasteiger partial charge in [-0.2, -0.15) is 0 Å². The number of carboxylic acid groups (broad SMARTS) is 1. The number of amides is 2. The van der Waals surface area contributed by atoms with E-state index in [9.17, 15) is 14.7 Å². The lowest BCUT2D eigenvalue weighted by atomic mass is 10.1. The van der Waals surface area contributed by atoms with Gasteiger partial charge in [0.15, 0.2) is 6.10 Å². The van der Waals surface area contributed by atoms with Crippen LogP contribution in [0.2, 0.25) is 0 Å². The van der Waals surface area contributed by atoms with E-state index in [2.05, 4.69) is 5.32 Å². The first-order chi connectivity index (χ1) is 16.4. The Morgan fingerprint density at radius 3 is 2.21 bits per heavy atom. The van der Waals surface area contributed by atoms with E-state index in [1.807, 2.05) is 56.3 Å². The molecule has 1 unspecified atom stereocenters. The molecule has 2 rings (SSSR count). The van der Waals surface area contributed by atoms with Gasteiger partial charge >= 0.3 is 12.0 Å². The zero-order valence-corrected chi connectivity index (χ0v) is 20.2. The van der Waals surface area contributed by atoms with Crippen molar-refractivity contribution >= 4 is 12.0 Å². The topological polar surface area (TPSA) is 97.3 Å². The first kappa shape index (κ1) is 27.0. The molecule has 34 heavy (non-hydrogen) atoms. The first-order valence-electron chi connectivity index (χ1n) is 11.7. The van der Waals surface area contributed by atoms with Crippen molar-refractivity contribution in [3.63, 3.8) is 0 Å². The zero-order valence-electron chi connectivity index (χ0n) is 20.2.